The number of piperazine rings is 1. The van der Waals surface area contributed by atoms with Gasteiger partial charge in [0.2, 0.25) is 0 Å². The molecule has 0 radical (unpaired) electrons. The number of carbonyl (C=O) groups excluding carboxylic acids is 1. The molecule has 2 fully saturated rings. The first-order chi connectivity index (χ1) is 12.8. The number of aromatic nitrogens is 1. The van der Waals surface area contributed by atoms with Gasteiger partial charge in [-0.15, -0.1) is 0 Å². The van der Waals surface area contributed by atoms with Crippen LogP contribution in [-0.4, -0.2) is 53.0 Å². The highest BCUT2D eigenvalue weighted by molar-refractivity contribution is 5.91. The number of fused-ring (bicyclic) bond motifs is 1. The number of para-hydroxylation sites is 2. The van der Waals surface area contributed by atoms with Crippen LogP contribution in [0, 0.1) is 0 Å². The van der Waals surface area contributed by atoms with Crippen LogP contribution in [0.4, 0.5) is 10.5 Å². The molecule has 0 bridgehead atoms. The van der Waals surface area contributed by atoms with Gasteiger partial charge in [-0.05, 0) is 43.7 Å². The molecule has 136 valence electrons. The number of urea groups is 1. The maximum atomic E-state index is 12.7. The first-order valence-corrected chi connectivity index (χ1v) is 9.21. The molecule has 2 aromatic rings. The van der Waals surface area contributed by atoms with Crippen LogP contribution in [0.2, 0.25) is 0 Å². The first kappa shape index (κ1) is 16.8. The lowest BCUT2D eigenvalue weighted by atomic mass is 10.1. The van der Waals surface area contributed by atoms with Crippen molar-refractivity contribution in [2.75, 3.05) is 31.5 Å². The molecule has 6 nitrogen and oxygen atoms in total. The Morgan fingerprint density at radius 1 is 1.15 bits per heavy atom. The maximum Gasteiger partial charge on any atom is 0.322 e. The number of rotatable bonds is 4. The third-order valence-corrected chi connectivity index (χ3v) is 5.10. The van der Waals surface area contributed by atoms with Gasteiger partial charge in [0, 0.05) is 31.9 Å². The van der Waals surface area contributed by atoms with E-state index >= 15 is 0 Å². The van der Waals surface area contributed by atoms with Gasteiger partial charge in [-0.3, -0.25) is 9.88 Å². The summed E-state index contributed by atoms with van der Waals surface area (Å²) in [5.41, 5.74) is 1.55. The summed E-state index contributed by atoms with van der Waals surface area (Å²) in [7, 11) is 0. The standard InChI is InChI=1S/C20H24N4O2/c25-20(24-13-12-23-11-5-7-17(23)14-24)22-18-8-1-2-9-19(18)26-15-16-6-3-4-10-21-16/h1-4,6,8-10,17H,5,7,11-15H2,(H,22,25). The van der Waals surface area contributed by atoms with Crippen molar-refractivity contribution < 1.29 is 9.53 Å². The SMILES string of the molecule is O=C(Nc1ccccc1OCc1ccccn1)N1CCN2CCCC2C1. The molecule has 1 aromatic carbocycles. The molecule has 1 unspecified atom stereocenters. The summed E-state index contributed by atoms with van der Waals surface area (Å²) in [5, 5.41) is 3.02. The van der Waals surface area contributed by atoms with E-state index in [0.29, 0.717) is 24.1 Å². The van der Waals surface area contributed by atoms with Gasteiger partial charge in [0.15, 0.2) is 0 Å². The van der Waals surface area contributed by atoms with Crippen molar-refractivity contribution in [2.24, 2.45) is 0 Å². The van der Waals surface area contributed by atoms with Crippen LogP contribution in [0.25, 0.3) is 0 Å². The quantitative estimate of drug-likeness (QED) is 0.919. The fourth-order valence-electron chi connectivity index (χ4n) is 3.70. The molecule has 0 aliphatic carbocycles. The van der Waals surface area contributed by atoms with Gasteiger partial charge < -0.3 is 15.0 Å². The van der Waals surface area contributed by atoms with Crippen molar-refractivity contribution in [1.82, 2.24) is 14.8 Å². The Hall–Kier alpha value is -2.60. The lowest BCUT2D eigenvalue weighted by molar-refractivity contribution is 0.124. The van der Waals surface area contributed by atoms with E-state index in [1.807, 2.05) is 47.4 Å². The average Bonchev–Trinajstić information content (AvgIpc) is 3.16. The fourth-order valence-corrected chi connectivity index (χ4v) is 3.70. The van der Waals surface area contributed by atoms with Gasteiger partial charge in [0.05, 0.1) is 11.4 Å². The molecular formula is C20H24N4O2. The Bertz CT molecular complexity index is 752. The van der Waals surface area contributed by atoms with E-state index in [2.05, 4.69) is 15.2 Å². The minimum absolute atomic E-state index is 0.0505. The zero-order chi connectivity index (χ0) is 17.8. The summed E-state index contributed by atoms with van der Waals surface area (Å²) in [6.07, 6.45) is 4.17. The summed E-state index contributed by atoms with van der Waals surface area (Å²) >= 11 is 0. The normalized spacial score (nSPS) is 19.8. The maximum absolute atomic E-state index is 12.7. The molecule has 2 aliphatic rings. The Kier molecular flexibility index (Phi) is 5.02. The zero-order valence-electron chi connectivity index (χ0n) is 14.8. The molecule has 2 saturated heterocycles. The van der Waals surface area contributed by atoms with Gasteiger partial charge in [-0.2, -0.15) is 0 Å². The second kappa shape index (κ2) is 7.74. The molecule has 0 saturated carbocycles. The Morgan fingerprint density at radius 3 is 2.92 bits per heavy atom. The Labute approximate surface area is 153 Å². The molecule has 3 heterocycles. The van der Waals surface area contributed by atoms with Crippen molar-refractivity contribution >= 4 is 11.7 Å². The topological polar surface area (TPSA) is 57.7 Å². The lowest BCUT2D eigenvalue weighted by Crippen LogP contribution is -2.53. The van der Waals surface area contributed by atoms with Crippen LogP contribution in [0.5, 0.6) is 5.75 Å². The fraction of sp³-hybridized carbons (Fsp3) is 0.400. The van der Waals surface area contributed by atoms with Gasteiger partial charge in [-0.1, -0.05) is 18.2 Å². The monoisotopic (exact) mass is 352 g/mol. The van der Waals surface area contributed by atoms with Crippen molar-refractivity contribution in [3.8, 4) is 5.75 Å². The average molecular weight is 352 g/mol. The number of pyridine rings is 1. The molecule has 6 heteroatoms. The number of ether oxygens (including phenoxy) is 1. The van der Waals surface area contributed by atoms with Gasteiger partial charge in [-0.25, -0.2) is 4.79 Å². The minimum Gasteiger partial charge on any atom is -0.485 e. The number of benzene rings is 1. The number of hydrogen-bond donors (Lipinski definition) is 1. The highest BCUT2D eigenvalue weighted by Gasteiger charge is 2.32. The summed E-state index contributed by atoms with van der Waals surface area (Å²) in [5.74, 6) is 0.658. The van der Waals surface area contributed by atoms with Crippen LogP contribution in [0.3, 0.4) is 0 Å². The molecule has 1 N–H and O–H groups in total. The zero-order valence-corrected chi connectivity index (χ0v) is 14.8. The predicted molar refractivity (Wildman–Crippen MR) is 100 cm³/mol. The van der Waals surface area contributed by atoms with Crippen LogP contribution >= 0.6 is 0 Å². The van der Waals surface area contributed by atoms with E-state index in [4.69, 9.17) is 4.74 Å². The molecule has 1 aromatic heterocycles. The largest absolute Gasteiger partial charge is 0.485 e. The molecular weight excluding hydrogens is 328 g/mol. The van der Waals surface area contributed by atoms with Gasteiger partial charge in [0.25, 0.3) is 0 Å². The molecule has 0 spiro atoms. The van der Waals surface area contributed by atoms with Crippen molar-refractivity contribution in [3.63, 3.8) is 0 Å². The third kappa shape index (κ3) is 3.80. The minimum atomic E-state index is -0.0505. The van der Waals surface area contributed by atoms with E-state index in [1.54, 1.807) is 6.20 Å². The number of nitrogens with one attached hydrogen (secondary N) is 1. The number of anilines is 1. The highest BCUT2D eigenvalue weighted by Crippen LogP contribution is 2.26. The Balaban J connectivity index is 1.39. The lowest BCUT2D eigenvalue weighted by Gasteiger charge is -2.37. The van der Waals surface area contributed by atoms with E-state index < -0.39 is 0 Å². The molecule has 2 aliphatic heterocycles. The number of hydrogen-bond acceptors (Lipinski definition) is 4. The van der Waals surface area contributed by atoms with Crippen LogP contribution < -0.4 is 10.1 Å². The molecule has 4 rings (SSSR count). The summed E-state index contributed by atoms with van der Waals surface area (Å²) in [6, 6.07) is 13.7. The predicted octanol–water partition coefficient (Wildman–Crippen LogP) is 2.97. The second-order valence-corrected chi connectivity index (χ2v) is 6.81. The summed E-state index contributed by atoms with van der Waals surface area (Å²) in [6.45, 7) is 4.09. The molecule has 1 atom stereocenters. The first-order valence-electron chi connectivity index (χ1n) is 9.21. The summed E-state index contributed by atoms with van der Waals surface area (Å²) < 4.78 is 5.88. The number of amides is 2. The van der Waals surface area contributed by atoms with Gasteiger partial charge >= 0.3 is 6.03 Å². The van der Waals surface area contributed by atoms with E-state index in [-0.39, 0.29) is 6.03 Å². The Morgan fingerprint density at radius 2 is 2.04 bits per heavy atom. The van der Waals surface area contributed by atoms with Crippen LogP contribution in [-0.2, 0) is 6.61 Å². The van der Waals surface area contributed by atoms with Crippen LogP contribution in [0.15, 0.2) is 48.7 Å². The number of carbonyl (C=O) groups is 1. The summed E-state index contributed by atoms with van der Waals surface area (Å²) in [4.78, 5) is 21.4. The highest BCUT2D eigenvalue weighted by atomic mass is 16.5. The second-order valence-electron chi connectivity index (χ2n) is 6.81. The molecule has 26 heavy (non-hydrogen) atoms. The smallest absolute Gasteiger partial charge is 0.322 e. The van der Waals surface area contributed by atoms with E-state index in [0.717, 1.165) is 25.3 Å². The van der Waals surface area contributed by atoms with Gasteiger partial charge in [0.1, 0.15) is 12.4 Å². The van der Waals surface area contributed by atoms with Crippen LogP contribution in [0.1, 0.15) is 18.5 Å². The number of nitrogens with zero attached hydrogens (tertiary/aromatic N) is 3. The van der Waals surface area contributed by atoms with E-state index in [9.17, 15) is 4.79 Å². The van der Waals surface area contributed by atoms with E-state index in [1.165, 1.54) is 19.4 Å². The van der Waals surface area contributed by atoms with Crippen molar-refractivity contribution in [2.45, 2.75) is 25.5 Å². The van der Waals surface area contributed by atoms with Crippen molar-refractivity contribution in [3.05, 3.63) is 54.4 Å². The third-order valence-electron chi connectivity index (χ3n) is 5.10. The molecule has 2 amide bonds. The van der Waals surface area contributed by atoms with Crippen molar-refractivity contribution in [1.29, 1.82) is 0 Å².